The lowest BCUT2D eigenvalue weighted by atomic mass is 10.1. The van der Waals surface area contributed by atoms with Gasteiger partial charge >= 0.3 is 0 Å². The molecule has 4 aromatic rings. The lowest BCUT2D eigenvalue weighted by molar-refractivity contribution is 0.0777. The van der Waals surface area contributed by atoms with Gasteiger partial charge in [-0.05, 0) is 43.2 Å². The first-order valence-electron chi connectivity index (χ1n) is 10.6. The van der Waals surface area contributed by atoms with Gasteiger partial charge in [-0.1, -0.05) is 42.5 Å². The molecule has 0 aliphatic heterocycles. The van der Waals surface area contributed by atoms with Crippen LogP contribution >= 0.6 is 0 Å². The molecule has 2 aromatic carbocycles. The van der Waals surface area contributed by atoms with E-state index in [1.807, 2.05) is 67.2 Å². The fourth-order valence-electron chi connectivity index (χ4n) is 3.54. The zero-order valence-electron chi connectivity index (χ0n) is 18.6. The molecule has 7 nitrogen and oxygen atoms in total. The number of nitrogens with zero attached hydrogens (tertiary/aromatic N) is 5. The summed E-state index contributed by atoms with van der Waals surface area (Å²) in [6.07, 6.45) is 3.57. The third-order valence-electron chi connectivity index (χ3n) is 5.44. The van der Waals surface area contributed by atoms with Crippen LogP contribution in [0.3, 0.4) is 0 Å². The van der Waals surface area contributed by atoms with Crippen LogP contribution in [0.15, 0.2) is 73.1 Å². The average Bonchev–Trinajstić information content (AvgIpc) is 3.45. The minimum Gasteiger partial charge on any atom is -0.471 e. The number of carbonyl (C=O) groups excluding carboxylic acids is 1. The second kappa shape index (κ2) is 9.51. The first kappa shape index (κ1) is 21.4. The molecule has 32 heavy (non-hydrogen) atoms. The van der Waals surface area contributed by atoms with Crippen LogP contribution in [0.25, 0.3) is 11.1 Å². The predicted molar refractivity (Wildman–Crippen MR) is 123 cm³/mol. The van der Waals surface area contributed by atoms with Crippen molar-refractivity contribution in [3.63, 3.8) is 0 Å². The standard InChI is InChI=1S/C25H27N5O2/c1-4-30-19(2)22(16-26-30)17-28(3)25(31)24-14-15-29(27-24)18-32-23-12-10-21(11-13-23)20-8-6-5-7-9-20/h5-16H,4,17-18H2,1-3H3. The van der Waals surface area contributed by atoms with Gasteiger partial charge in [0.1, 0.15) is 5.75 Å². The predicted octanol–water partition coefficient (Wildman–Crippen LogP) is 4.38. The van der Waals surface area contributed by atoms with Gasteiger partial charge in [0.05, 0.1) is 6.20 Å². The Hall–Kier alpha value is -3.87. The van der Waals surface area contributed by atoms with Crippen molar-refractivity contribution in [1.82, 2.24) is 24.5 Å². The molecule has 164 valence electrons. The number of carbonyl (C=O) groups is 1. The summed E-state index contributed by atoms with van der Waals surface area (Å²) in [5.74, 6) is 0.605. The number of hydrogen-bond donors (Lipinski definition) is 0. The Morgan fingerprint density at radius 3 is 2.44 bits per heavy atom. The van der Waals surface area contributed by atoms with E-state index in [-0.39, 0.29) is 12.6 Å². The molecule has 0 aliphatic rings. The molecule has 0 saturated carbocycles. The van der Waals surface area contributed by atoms with Gasteiger partial charge in [0.25, 0.3) is 5.91 Å². The maximum atomic E-state index is 12.8. The van der Waals surface area contributed by atoms with Crippen molar-refractivity contribution >= 4 is 5.91 Å². The van der Waals surface area contributed by atoms with Crippen molar-refractivity contribution in [2.45, 2.75) is 33.7 Å². The number of aromatic nitrogens is 4. The van der Waals surface area contributed by atoms with Crippen LogP contribution in [0.2, 0.25) is 0 Å². The van der Waals surface area contributed by atoms with Gasteiger partial charge in [-0.3, -0.25) is 9.48 Å². The molecule has 0 radical (unpaired) electrons. The lowest BCUT2D eigenvalue weighted by Gasteiger charge is -2.15. The summed E-state index contributed by atoms with van der Waals surface area (Å²) < 4.78 is 9.37. The summed E-state index contributed by atoms with van der Waals surface area (Å²) in [7, 11) is 1.77. The SMILES string of the molecule is CCn1ncc(CN(C)C(=O)c2ccn(COc3ccc(-c4ccccc4)cc3)n2)c1C. The van der Waals surface area contributed by atoms with Crippen LogP contribution < -0.4 is 4.74 Å². The fraction of sp³-hybridized carbons (Fsp3) is 0.240. The minimum absolute atomic E-state index is 0.139. The van der Waals surface area contributed by atoms with Gasteiger partial charge in [0.2, 0.25) is 0 Å². The number of ether oxygens (including phenoxy) is 1. The van der Waals surface area contributed by atoms with Crippen LogP contribution in [0, 0.1) is 6.92 Å². The Morgan fingerprint density at radius 1 is 1.03 bits per heavy atom. The molecule has 7 heteroatoms. The zero-order valence-corrected chi connectivity index (χ0v) is 18.6. The third kappa shape index (κ3) is 4.72. The highest BCUT2D eigenvalue weighted by Crippen LogP contribution is 2.22. The summed E-state index contributed by atoms with van der Waals surface area (Å²) in [4.78, 5) is 14.4. The summed E-state index contributed by atoms with van der Waals surface area (Å²) in [5, 5.41) is 8.72. The van der Waals surface area contributed by atoms with Crippen LogP contribution in [-0.2, 0) is 19.8 Å². The zero-order chi connectivity index (χ0) is 22.5. The highest BCUT2D eigenvalue weighted by molar-refractivity contribution is 5.92. The van der Waals surface area contributed by atoms with E-state index in [0.29, 0.717) is 12.2 Å². The van der Waals surface area contributed by atoms with Crippen molar-refractivity contribution in [3.05, 3.63) is 90.0 Å². The van der Waals surface area contributed by atoms with Gasteiger partial charge in [-0.15, -0.1) is 0 Å². The normalized spacial score (nSPS) is 10.8. The Bertz CT molecular complexity index is 1180. The Balaban J connectivity index is 1.34. The Labute approximate surface area is 187 Å². The molecule has 4 rings (SSSR count). The third-order valence-corrected chi connectivity index (χ3v) is 5.44. The molecule has 0 unspecified atom stereocenters. The topological polar surface area (TPSA) is 65.2 Å². The Morgan fingerprint density at radius 2 is 1.75 bits per heavy atom. The van der Waals surface area contributed by atoms with Crippen molar-refractivity contribution in [2.24, 2.45) is 0 Å². The van der Waals surface area contributed by atoms with Crippen LogP contribution in [0.4, 0.5) is 0 Å². The van der Waals surface area contributed by atoms with Crippen molar-refractivity contribution in [2.75, 3.05) is 7.05 Å². The monoisotopic (exact) mass is 429 g/mol. The molecular formula is C25H27N5O2. The highest BCUT2D eigenvalue weighted by Gasteiger charge is 2.17. The van der Waals surface area contributed by atoms with E-state index in [2.05, 4.69) is 22.3 Å². The van der Waals surface area contributed by atoms with E-state index in [9.17, 15) is 4.79 Å². The van der Waals surface area contributed by atoms with Gasteiger partial charge < -0.3 is 9.64 Å². The van der Waals surface area contributed by atoms with Crippen LogP contribution in [0.1, 0.15) is 28.7 Å². The van der Waals surface area contributed by atoms with Gasteiger partial charge in [-0.2, -0.15) is 10.2 Å². The molecule has 0 aliphatic carbocycles. The van der Waals surface area contributed by atoms with E-state index < -0.39 is 0 Å². The number of aryl methyl sites for hydroxylation is 1. The van der Waals surface area contributed by atoms with Crippen LogP contribution in [-0.4, -0.2) is 37.4 Å². The smallest absolute Gasteiger partial charge is 0.274 e. The molecule has 2 heterocycles. The highest BCUT2D eigenvalue weighted by atomic mass is 16.5. The van der Waals surface area contributed by atoms with E-state index >= 15 is 0 Å². The largest absolute Gasteiger partial charge is 0.471 e. The Kier molecular flexibility index (Phi) is 6.35. The summed E-state index contributed by atoms with van der Waals surface area (Å²) in [5.41, 5.74) is 4.79. The first-order chi connectivity index (χ1) is 15.5. The van der Waals surface area contributed by atoms with Crippen LogP contribution in [0.5, 0.6) is 5.75 Å². The molecule has 0 atom stereocenters. The second-order valence-electron chi connectivity index (χ2n) is 7.64. The fourth-order valence-corrected chi connectivity index (χ4v) is 3.54. The number of amides is 1. The molecule has 2 aromatic heterocycles. The van der Waals surface area contributed by atoms with E-state index in [0.717, 1.165) is 34.7 Å². The van der Waals surface area contributed by atoms with Crippen molar-refractivity contribution < 1.29 is 9.53 Å². The maximum Gasteiger partial charge on any atom is 0.274 e. The molecular weight excluding hydrogens is 402 g/mol. The van der Waals surface area contributed by atoms with E-state index in [4.69, 9.17) is 4.74 Å². The summed E-state index contributed by atoms with van der Waals surface area (Å²) in [6, 6.07) is 19.8. The molecule has 0 spiro atoms. The number of hydrogen-bond acceptors (Lipinski definition) is 4. The lowest BCUT2D eigenvalue weighted by Crippen LogP contribution is -2.27. The van der Waals surface area contributed by atoms with Crippen molar-refractivity contribution in [3.8, 4) is 16.9 Å². The quantitative estimate of drug-likeness (QED) is 0.417. The van der Waals surface area contributed by atoms with E-state index in [1.165, 1.54) is 0 Å². The number of benzene rings is 2. The second-order valence-corrected chi connectivity index (χ2v) is 7.64. The maximum absolute atomic E-state index is 12.8. The van der Waals surface area contributed by atoms with Gasteiger partial charge in [0.15, 0.2) is 12.4 Å². The molecule has 0 N–H and O–H groups in total. The summed E-state index contributed by atoms with van der Waals surface area (Å²) >= 11 is 0. The van der Waals surface area contributed by atoms with Crippen molar-refractivity contribution in [1.29, 1.82) is 0 Å². The van der Waals surface area contributed by atoms with Gasteiger partial charge in [-0.25, -0.2) is 4.68 Å². The molecule has 0 bridgehead atoms. The average molecular weight is 430 g/mol. The summed E-state index contributed by atoms with van der Waals surface area (Å²) in [6.45, 7) is 5.59. The van der Waals surface area contributed by atoms with E-state index in [1.54, 1.807) is 28.9 Å². The first-order valence-corrected chi connectivity index (χ1v) is 10.6. The minimum atomic E-state index is -0.139. The van der Waals surface area contributed by atoms with Gasteiger partial charge in [0, 0.05) is 37.6 Å². The molecule has 1 amide bonds. The number of rotatable bonds is 8. The molecule has 0 saturated heterocycles. The molecule has 0 fully saturated rings.